The molecule has 0 saturated heterocycles. The molecule has 12 heavy (non-hydrogen) atoms. The second-order valence-corrected chi connectivity index (χ2v) is 2.31. The SMILES string of the molecule is CC=CC(=O)Nc1cc(C)on1. The van der Waals surface area contributed by atoms with E-state index in [1.807, 2.05) is 0 Å². The number of anilines is 1. The van der Waals surface area contributed by atoms with E-state index in [1.165, 1.54) is 6.08 Å². The minimum absolute atomic E-state index is 0.203. The van der Waals surface area contributed by atoms with Crippen LogP contribution in [0, 0.1) is 6.92 Å². The van der Waals surface area contributed by atoms with Crippen molar-refractivity contribution in [3.63, 3.8) is 0 Å². The fraction of sp³-hybridized carbons (Fsp3) is 0.250. The molecule has 1 N–H and O–H groups in total. The monoisotopic (exact) mass is 166 g/mol. The van der Waals surface area contributed by atoms with Crippen LogP contribution in [0.1, 0.15) is 12.7 Å². The number of aryl methyl sites for hydroxylation is 1. The summed E-state index contributed by atoms with van der Waals surface area (Å²) < 4.78 is 4.75. The van der Waals surface area contributed by atoms with E-state index in [4.69, 9.17) is 4.52 Å². The van der Waals surface area contributed by atoms with E-state index >= 15 is 0 Å². The molecule has 0 spiro atoms. The van der Waals surface area contributed by atoms with Gasteiger partial charge < -0.3 is 9.84 Å². The molecular weight excluding hydrogens is 156 g/mol. The highest BCUT2D eigenvalue weighted by atomic mass is 16.5. The molecule has 4 heteroatoms. The van der Waals surface area contributed by atoms with Gasteiger partial charge in [-0.1, -0.05) is 11.2 Å². The normalized spacial score (nSPS) is 10.5. The molecule has 1 rings (SSSR count). The summed E-state index contributed by atoms with van der Waals surface area (Å²) in [6.45, 7) is 3.53. The average molecular weight is 166 g/mol. The molecule has 0 aliphatic heterocycles. The Balaban J connectivity index is 2.58. The Labute approximate surface area is 70.2 Å². The fourth-order valence-electron chi connectivity index (χ4n) is 0.745. The predicted molar refractivity (Wildman–Crippen MR) is 44.7 cm³/mol. The lowest BCUT2D eigenvalue weighted by molar-refractivity contribution is -0.111. The van der Waals surface area contributed by atoms with Crippen LogP contribution in [-0.4, -0.2) is 11.1 Å². The third-order valence-corrected chi connectivity index (χ3v) is 1.20. The Morgan fingerprint density at radius 2 is 2.50 bits per heavy atom. The number of hydrogen-bond acceptors (Lipinski definition) is 3. The van der Waals surface area contributed by atoms with E-state index in [1.54, 1.807) is 26.0 Å². The lowest BCUT2D eigenvalue weighted by Crippen LogP contribution is -2.07. The van der Waals surface area contributed by atoms with Crippen LogP contribution in [0.15, 0.2) is 22.7 Å². The van der Waals surface area contributed by atoms with Crippen molar-refractivity contribution in [3.05, 3.63) is 24.0 Å². The molecule has 0 saturated carbocycles. The van der Waals surface area contributed by atoms with Crippen molar-refractivity contribution in [1.82, 2.24) is 5.16 Å². The fourth-order valence-corrected chi connectivity index (χ4v) is 0.745. The van der Waals surface area contributed by atoms with Gasteiger partial charge in [0, 0.05) is 6.07 Å². The molecule has 0 aliphatic rings. The quantitative estimate of drug-likeness (QED) is 0.677. The first-order valence-corrected chi connectivity index (χ1v) is 3.59. The third kappa shape index (κ3) is 2.23. The zero-order valence-electron chi connectivity index (χ0n) is 7.00. The zero-order chi connectivity index (χ0) is 8.97. The van der Waals surface area contributed by atoms with E-state index in [0.717, 1.165) is 0 Å². The highest BCUT2D eigenvalue weighted by molar-refractivity contribution is 5.98. The highest BCUT2D eigenvalue weighted by Gasteiger charge is 2.01. The van der Waals surface area contributed by atoms with Crippen molar-refractivity contribution in [2.24, 2.45) is 0 Å². The van der Waals surface area contributed by atoms with Gasteiger partial charge in [0.15, 0.2) is 5.82 Å². The first kappa shape index (κ1) is 8.52. The van der Waals surface area contributed by atoms with Crippen LogP contribution in [-0.2, 0) is 4.79 Å². The molecule has 64 valence electrons. The molecule has 0 bridgehead atoms. The maximum Gasteiger partial charge on any atom is 0.249 e. The standard InChI is InChI=1S/C8H10N2O2/c1-3-4-8(11)9-7-5-6(2)12-10-7/h3-5H,1-2H3,(H,9,10,11). The molecule has 0 atom stereocenters. The first-order valence-electron chi connectivity index (χ1n) is 3.59. The van der Waals surface area contributed by atoms with Crippen molar-refractivity contribution in [3.8, 4) is 0 Å². The average Bonchev–Trinajstić information content (AvgIpc) is 2.36. The van der Waals surface area contributed by atoms with E-state index in [9.17, 15) is 4.79 Å². The van der Waals surface area contributed by atoms with Gasteiger partial charge in [-0.3, -0.25) is 4.79 Å². The van der Waals surface area contributed by atoms with Crippen molar-refractivity contribution in [2.75, 3.05) is 5.32 Å². The van der Waals surface area contributed by atoms with Crippen LogP contribution in [0.5, 0.6) is 0 Å². The number of nitrogens with zero attached hydrogens (tertiary/aromatic N) is 1. The molecule has 1 amide bonds. The van der Waals surface area contributed by atoms with Gasteiger partial charge in [-0.25, -0.2) is 0 Å². The highest BCUT2D eigenvalue weighted by Crippen LogP contribution is 2.06. The maximum absolute atomic E-state index is 10.9. The number of amides is 1. The first-order chi connectivity index (χ1) is 5.72. The Bertz CT molecular complexity index is 302. The molecule has 0 aliphatic carbocycles. The van der Waals surface area contributed by atoms with Crippen LogP contribution in [0.3, 0.4) is 0 Å². The van der Waals surface area contributed by atoms with Gasteiger partial charge in [0.05, 0.1) is 0 Å². The number of allylic oxidation sites excluding steroid dienone is 1. The molecule has 1 aromatic heterocycles. The van der Waals surface area contributed by atoms with Gasteiger partial charge in [-0.15, -0.1) is 0 Å². The van der Waals surface area contributed by atoms with Gasteiger partial charge >= 0.3 is 0 Å². The molecule has 0 fully saturated rings. The maximum atomic E-state index is 10.9. The molecule has 1 aromatic rings. The second kappa shape index (κ2) is 3.71. The Hall–Kier alpha value is -1.58. The van der Waals surface area contributed by atoms with Gasteiger partial charge in [0.2, 0.25) is 5.91 Å². The van der Waals surface area contributed by atoms with E-state index in [2.05, 4.69) is 10.5 Å². The van der Waals surface area contributed by atoms with E-state index in [0.29, 0.717) is 11.6 Å². The molecular formula is C8H10N2O2. The smallest absolute Gasteiger partial charge is 0.249 e. The third-order valence-electron chi connectivity index (χ3n) is 1.20. The van der Waals surface area contributed by atoms with Crippen LogP contribution < -0.4 is 5.32 Å². The lowest BCUT2D eigenvalue weighted by atomic mass is 10.4. The summed E-state index contributed by atoms with van der Waals surface area (Å²) in [4.78, 5) is 10.9. The summed E-state index contributed by atoms with van der Waals surface area (Å²) in [5.74, 6) is 0.909. The van der Waals surface area contributed by atoms with Crippen molar-refractivity contribution in [1.29, 1.82) is 0 Å². The van der Waals surface area contributed by atoms with Crippen LogP contribution >= 0.6 is 0 Å². The largest absolute Gasteiger partial charge is 0.360 e. The molecule has 0 radical (unpaired) electrons. The van der Waals surface area contributed by atoms with Crippen LogP contribution in [0.2, 0.25) is 0 Å². The van der Waals surface area contributed by atoms with Crippen molar-refractivity contribution in [2.45, 2.75) is 13.8 Å². The molecule has 0 unspecified atom stereocenters. The van der Waals surface area contributed by atoms with E-state index in [-0.39, 0.29) is 5.91 Å². The van der Waals surface area contributed by atoms with Crippen LogP contribution in [0.25, 0.3) is 0 Å². The Morgan fingerprint density at radius 1 is 1.75 bits per heavy atom. The summed E-state index contributed by atoms with van der Waals surface area (Å²) in [6.07, 6.45) is 3.08. The summed E-state index contributed by atoms with van der Waals surface area (Å²) in [5, 5.41) is 6.13. The molecule has 1 heterocycles. The predicted octanol–water partition coefficient (Wildman–Crippen LogP) is 1.50. The molecule has 0 aromatic carbocycles. The van der Waals surface area contributed by atoms with Crippen molar-refractivity contribution >= 4 is 11.7 Å². The second-order valence-electron chi connectivity index (χ2n) is 2.31. The number of carbonyl (C=O) groups is 1. The minimum atomic E-state index is -0.203. The van der Waals surface area contributed by atoms with Crippen molar-refractivity contribution < 1.29 is 9.32 Å². The number of nitrogens with one attached hydrogen (secondary N) is 1. The van der Waals surface area contributed by atoms with Gasteiger partial charge in [-0.2, -0.15) is 0 Å². The number of rotatable bonds is 2. The Kier molecular flexibility index (Phi) is 2.63. The lowest BCUT2D eigenvalue weighted by Gasteiger charge is -1.92. The number of hydrogen-bond donors (Lipinski definition) is 1. The Morgan fingerprint density at radius 3 is 3.00 bits per heavy atom. The zero-order valence-corrected chi connectivity index (χ0v) is 7.00. The molecule has 4 nitrogen and oxygen atoms in total. The number of carbonyl (C=O) groups excluding carboxylic acids is 1. The number of aromatic nitrogens is 1. The summed E-state index contributed by atoms with van der Waals surface area (Å²) in [6, 6.07) is 1.65. The topological polar surface area (TPSA) is 55.1 Å². The summed E-state index contributed by atoms with van der Waals surface area (Å²) in [5.41, 5.74) is 0. The van der Waals surface area contributed by atoms with Gasteiger partial charge in [-0.05, 0) is 19.9 Å². The van der Waals surface area contributed by atoms with Gasteiger partial charge in [0.1, 0.15) is 5.76 Å². The van der Waals surface area contributed by atoms with E-state index < -0.39 is 0 Å². The summed E-state index contributed by atoms with van der Waals surface area (Å²) in [7, 11) is 0. The minimum Gasteiger partial charge on any atom is -0.360 e. The van der Waals surface area contributed by atoms with Crippen LogP contribution in [0.4, 0.5) is 5.82 Å². The summed E-state index contributed by atoms with van der Waals surface area (Å²) >= 11 is 0. The van der Waals surface area contributed by atoms with Gasteiger partial charge in [0.25, 0.3) is 0 Å².